The SMILES string of the molecule is CCNC(=NCc1ccc(F)c(CO)c1)NC(C)c1cccc(C(F)(F)F)c1. The maximum atomic E-state index is 13.5. The summed E-state index contributed by atoms with van der Waals surface area (Å²) in [5, 5.41) is 15.3. The highest BCUT2D eigenvalue weighted by Gasteiger charge is 2.30. The van der Waals surface area contributed by atoms with E-state index in [2.05, 4.69) is 15.6 Å². The molecule has 0 aromatic heterocycles. The summed E-state index contributed by atoms with van der Waals surface area (Å²) < 4.78 is 52.2. The third kappa shape index (κ3) is 5.95. The van der Waals surface area contributed by atoms with Crippen LogP contribution in [0.25, 0.3) is 0 Å². The van der Waals surface area contributed by atoms with E-state index in [4.69, 9.17) is 5.11 Å². The van der Waals surface area contributed by atoms with E-state index in [1.165, 1.54) is 18.2 Å². The Balaban J connectivity index is 2.14. The molecule has 1 atom stereocenters. The Morgan fingerprint density at radius 1 is 1.18 bits per heavy atom. The molecule has 0 amide bonds. The predicted molar refractivity (Wildman–Crippen MR) is 100 cm³/mol. The fourth-order valence-electron chi connectivity index (χ4n) is 2.61. The normalized spacial score (nSPS) is 13.3. The predicted octanol–water partition coefficient (Wildman–Crippen LogP) is 4.15. The van der Waals surface area contributed by atoms with Crippen LogP contribution in [-0.2, 0) is 19.3 Å². The Bertz CT molecular complexity index is 821. The fraction of sp³-hybridized carbons (Fsp3) is 0.350. The first-order valence-corrected chi connectivity index (χ1v) is 8.84. The number of benzene rings is 2. The van der Waals surface area contributed by atoms with Crippen molar-refractivity contribution < 1.29 is 22.7 Å². The minimum absolute atomic E-state index is 0.183. The van der Waals surface area contributed by atoms with Crippen LogP contribution < -0.4 is 10.6 Å². The van der Waals surface area contributed by atoms with Gasteiger partial charge in [0.25, 0.3) is 0 Å². The Morgan fingerprint density at radius 3 is 2.57 bits per heavy atom. The number of nitrogens with one attached hydrogen (secondary N) is 2. The zero-order valence-electron chi connectivity index (χ0n) is 15.6. The summed E-state index contributed by atoms with van der Waals surface area (Å²) in [6.07, 6.45) is -4.40. The molecule has 0 fully saturated rings. The molecule has 2 aromatic rings. The molecule has 0 radical (unpaired) electrons. The van der Waals surface area contributed by atoms with Crippen LogP contribution in [0.5, 0.6) is 0 Å². The van der Waals surface area contributed by atoms with E-state index in [0.717, 1.165) is 12.1 Å². The van der Waals surface area contributed by atoms with Crippen molar-refractivity contribution in [2.75, 3.05) is 6.54 Å². The second-order valence-electron chi connectivity index (χ2n) is 6.27. The van der Waals surface area contributed by atoms with E-state index in [-0.39, 0.29) is 12.1 Å². The van der Waals surface area contributed by atoms with Gasteiger partial charge in [-0.3, -0.25) is 0 Å². The van der Waals surface area contributed by atoms with Crippen LogP contribution in [0.3, 0.4) is 0 Å². The van der Waals surface area contributed by atoms with Gasteiger partial charge in [-0.25, -0.2) is 9.38 Å². The number of alkyl halides is 3. The van der Waals surface area contributed by atoms with Crippen molar-refractivity contribution in [1.82, 2.24) is 10.6 Å². The molecule has 0 aliphatic heterocycles. The summed E-state index contributed by atoms with van der Waals surface area (Å²) in [6.45, 7) is 3.98. The van der Waals surface area contributed by atoms with Gasteiger partial charge in [0.2, 0.25) is 0 Å². The topological polar surface area (TPSA) is 56.7 Å². The monoisotopic (exact) mass is 397 g/mol. The standard InChI is InChI=1S/C20H23F4N3O/c1-3-25-19(26-11-14-7-8-18(21)16(9-14)12-28)27-13(2)15-5-4-6-17(10-15)20(22,23)24/h4-10,13,28H,3,11-12H2,1-2H3,(H2,25,26,27). The summed E-state index contributed by atoms with van der Waals surface area (Å²) in [5.74, 6) is -0.0688. The van der Waals surface area contributed by atoms with Crippen LogP contribution in [0.2, 0.25) is 0 Å². The molecule has 0 aliphatic rings. The average molecular weight is 397 g/mol. The van der Waals surface area contributed by atoms with E-state index in [9.17, 15) is 17.6 Å². The van der Waals surface area contributed by atoms with Crippen LogP contribution in [0.4, 0.5) is 17.6 Å². The first-order valence-electron chi connectivity index (χ1n) is 8.84. The van der Waals surface area contributed by atoms with E-state index < -0.39 is 30.2 Å². The van der Waals surface area contributed by atoms with Crippen LogP contribution >= 0.6 is 0 Å². The molecule has 0 spiro atoms. The zero-order chi connectivity index (χ0) is 20.7. The van der Waals surface area contributed by atoms with Gasteiger partial charge in [0.05, 0.1) is 24.8 Å². The minimum Gasteiger partial charge on any atom is -0.392 e. The molecule has 0 aliphatic carbocycles. The molecule has 8 heteroatoms. The van der Waals surface area contributed by atoms with Crippen molar-refractivity contribution in [3.63, 3.8) is 0 Å². The third-order valence-electron chi connectivity index (χ3n) is 4.11. The summed E-state index contributed by atoms with van der Waals surface area (Å²) in [6, 6.07) is 9.07. The van der Waals surface area contributed by atoms with Crippen molar-refractivity contribution in [3.05, 3.63) is 70.5 Å². The average Bonchev–Trinajstić information content (AvgIpc) is 2.66. The van der Waals surface area contributed by atoms with Crippen LogP contribution in [0, 0.1) is 5.82 Å². The number of nitrogens with zero attached hydrogens (tertiary/aromatic N) is 1. The Kier molecular flexibility index (Phi) is 7.39. The first-order chi connectivity index (χ1) is 13.2. The molecule has 1 unspecified atom stereocenters. The van der Waals surface area contributed by atoms with Gasteiger partial charge in [0.15, 0.2) is 5.96 Å². The van der Waals surface area contributed by atoms with Crippen molar-refractivity contribution in [3.8, 4) is 0 Å². The maximum absolute atomic E-state index is 13.5. The van der Waals surface area contributed by atoms with E-state index in [1.54, 1.807) is 19.1 Å². The number of aliphatic hydroxyl groups is 1. The molecule has 0 heterocycles. The molecule has 2 rings (SSSR count). The van der Waals surface area contributed by atoms with Gasteiger partial charge in [-0.1, -0.05) is 18.2 Å². The molecular weight excluding hydrogens is 374 g/mol. The molecule has 152 valence electrons. The number of aliphatic hydroxyl groups excluding tert-OH is 1. The number of aliphatic imine (C=N–C) groups is 1. The van der Waals surface area contributed by atoms with Gasteiger partial charge < -0.3 is 15.7 Å². The lowest BCUT2D eigenvalue weighted by atomic mass is 10.1. The summed E-state index contributed by atoms with van der Waals surface area (Å²) >= 11 is 0. The third-order valence-corrected chi connectivity index (χ3v) is 4.11. The Hall–Kier alpha value is -2.61. The summed E-state index contributed by atoms with van der Waals surface area (Å²) in [5.41, 5.74) is 0.658. The summed E-state index contributed by atoms with van der Waals surface area (Å²) in [7, 11) is 0. The second-order valence-corrected chi connectivity index (χ2v) is 6.27. The number of rotatable bonds is 6. The molecular formula is C20H23F4N3O. The highest BCUT2D eigenvalue weighted by molar-refractivity contribution is 5.80. The lowest BCUT2D eigenvalue weighted by Gasteiger charge is -2.19. The molecule has 0 saturated heterocycles. The Labute approximate surface area is 161 Å². The van der Waals surface area contributed by atoms with Crippen LogP contribution in [0.15, 0.2) is 47.5 Å². The molecule has 0 bridgehead atoms. The van der Waals surface area contributed by atoms with Crippen molar-refractivity contribution in [2.45, 2.75) is 39.2 Å². The summed E-state index contributed by atoms with van der Waals surface area (Å²) in [4.78, 5) is 4.39. The first kappa shape index (κ1) is 21.7. The lowest BCUT2D eigenvalue weighted by Crippen LogP contribution is -2.38. The van der Waals surface area contributed by atoms with Gasteiger partial charge in [-0.2, -0.15) is 13.2 Å². The highest BCUT2D eigenvalue weighted by atomic mass is 19.4. The molecule has 4 nitrogen and oxygen atoms in total. The molecule has 28 heavy (non-hydrogen) atoms. The zero-order valence-corrected chi connectivity index (χ0v) is 15.6. The van der Waals surface area contributed by atoms with Gasteiger partial charge in [0, 0.05) is 12.1 Å². The Morgan fingerprint density at radius 2 is 1.93 bits per heavy atom. The maximum Gasteiger partial charge on any atom is 0.416 e. The number of halogens is 4. The lowest BCUT2D eigenvalue weighted by molar-refractivity contribution is -0.137. The highest BCUT2D eigenvalue weighted by Crippen LogP contribution is 2.30. The van der Waals surface area contributed by atoms with Gasteiger partial charge >= 0.3 is 6.18 Å². The molecule has 0 saturated carbocycles. The van der Waals surface area contributed by atoms with Gasteiger partial charge in [-0.15, -0.1) is 0 Å². The van der Waals surface area contributed by atoms with E-state index in [1.807, 2.05) is 6.92 Å². The van der Waals surface area contributed by atoms with Crippen molar-refractivity contribution >= 4 is 5.96 Å². The van der Waals surface area contributed by atoms with Crippen LogP contribution in [0.1, 0.15) is 42.1 Å². The van der Waals surface area contributed by atoms with Gasteiger partial charge in [-0.05, 0) is 49.2 Å². The molecule has 2 aromatic carbocycles. The smallest absolute Gasteiger partial charge is 0.392 e. The van der Waals surface area contributed by atoms with Crippen molar-refractivity contribution in [1.29, 1.82) is 0 Å². The molecule has 3 N–H and O–H groups in total. The van der Waals surface area contributed by atoms with E-state index >= 15 is 0 Å². The number of hydrogen-bond donors (Lipinski definition) is 3. The number of guanidine groups is 1. The van der Waals surface area contributed by atoms with E-state index in [0.29, 0.717) is 23.6 Å². The largest absolute Gasteiger partial charge is 0.416 e. The fourth-order valence-corrected chi connectivity index (χ4v) is 2.61. The quantitative estimate of drug-likeness (QED) is 0.390. The second kappa shape index (κ2) is 9.54. The number of hydrogen-bond acceptors (Lipinski definition) is 2. The van der Waals surface area contributed by atoms with Crippen molar-refractivity contribution in [2.24, 2.45) is 4.99 Å². The van der Waals surface area contributed by atoms with Crippen LogP contribution in [-0.4, -0.2) is 17.6 Å². The van der Waals surface area contributed by atoms with Gasteiger partial charge in [0.1, 0.15) is 5.82 Å². The minimum atomic E-state index is -4.40.